The zero-order valence-electron chi connectivity index (χ0n) is 10.7. The highest BCUT2D eigenvalue weighted by Gasteiger charge is 2.02. The predicted molar refractivity (Wildman–Crippen MR) is 68.8 cm³/mol. The van der Waals surface area contributed by atoms with Crippen molar-refractivity contribution in [3.05, 3.63) is 11.9 Å². The molecule has 1 aromatic rings. The Bertz CT molecular complexity index is 343. The van der Waals surface area contributed by atoms with Crippen molar-refractivity contribution in [1.29, 1.82) is 0 Å². The average molecular weight is 239 g/mol. The molecule has 0 atom stereocenters. The maximum absolute atomic E-state index is 5.71. The third-order valence-electron chi connectivity index (χ3n) is 2.09. The molecule has 0 aromatic carbocycles. The Morgan fingerprint density at radius 3 is 2.82 bits per heavy atom. The van der Waals surface area contributed by atoms with Gasteiger partial charge in [0.1, 0.15) is 18.2 Å². The fourth-order valence-corrected chi connectivity index (χ4v) is 1.27. The van der Waals surface area contributed by atoms with Crippen molar-refractivity contribution in [2.24, 2.45) is 0 Å². The minimum atomic E-state index is 0.393. The lowest BCUT2D eigenvalue weighted by molar-refractivity contribution is 0.128. The summed E-state index contributed by atoms with van der Waals surface area (Å²) in [5.41, 5.74) is 5.71. The molecule has 0 aliphatic heterocycles. The first-order chi connectivity index (χ1) is 8.11. The highest BCUT2D eigenvalue weighted by molar-refractivity contribution is 5.44. The molecule has 0 unspecified atom stereocenters. The van der Waals surface area contributed by atoms with Crippen molar-refractivity contribution >= 4 is 11.6 Å². The fourth-order valence-electron chi connectivity index (χ4n) is 1.27. The maximum Gasteiger partial charge on any atom is 0.158 e. The number of nitrogens with zero attached hydrogens (tertiary/aromatic N) is 3. The van der Waals surface area contributed by atoms with E-state index in [1.807, 2.05) is 21.0 Å². The van der Waals surface area contributed by atoms with E-state index in [9.17, 15) is 0 Å². The molecule has 0 radical (unpaired) electrons. The van der Waals surface area contributed by atoms with E-state index in [1.165, 1.54) is 0 Å². The summed E-state index contributed by atoms with van der Waals surface area (Å²) < 4.78 is 5.26. The van der Waals surface area contributed by atoms with Gasteiger partial charge in [-0.2, -0.15) is 0 Å². The van der Waals surface area contributed by atoms with Gasteiger partial charge in [-0.3, -0.25) is 0 Å². The Morgan fingerprint density at radius 2 is 2.18 bits per heavy atom. The van der Waals surface area contributed by atoms with Crippen LogP contribution in [0.1, 0.15) is 12.7 Å². The predicted octanol–water partition coefficient (Wildman–Crippen LogP) is 0.569. The van der Waals surface area contributed by atoms with Gasteiger partial charge in [-0.1, -0.05) is 0 Å². The first-order valence-electron chi connectivity index (χ1n) is 5.71. The lowest BCUT2D eigenvalue weighted by Gasteiger charge is -2.11. The zero-order chi connectivity index (χ0) is 12.7. The summed E-state index contributed by atoms with van der Waals surface area (Å²) in [6.45, 7) is 4.72. The van der Waals surface area contributed by atoms with Crippen molar-refractivity contribution in [3.8, 4) is 0 Å². The summed E-state index contributed by atoms with van der Waals surface area (Å²) in [5, 5.41) is 3.21. The number of nitrogen functional groups attached to an aromatic ring is 1. The van der Waals surface area contributed by atoms with Gasteiger partial charge in [-0.15, -0.1) is 0 Å². The number of anilines is 2. The highest BCUT2D eigenvalue weighted by atomic mass is 16.5. The van der Waals surface area contributed by atoms with Crippen molar-refractivity contribution in [2.75, 3.05) is 44.8 Å². The van der Waals surface area contributed by atoms with E-state index in [0.717, 1.165) is 18.9 Å². The molecule has 1 heterocycles. The number of aromatic nitrogens is 2. The van der Waals surface area contributed by atoms with Gasteiger partial charge in [0, 0.05) is 25.8 Å². The number of rotatable bonds is 7. The second-order valence-electron chi connectivity index (χ2n) is 3.96. The lowest BCUT2D eigenvalue weighted by Crippen LogP contribution is -2.21. The van der Waals surface area contributed by atoms with E-state index in [2.05, 4.69) is 20.2 Å². The molecular formula is C11H21N5O. The highest BCUT2D eigenvalue weighted by Crippen LogP contribution is 2.08. The van der Waals surface area contributed by atoms with E-state index in [1.54, 1.807) is 6.07 Å². The topological polar surface area (TPSA) is 76.3 Å². The average Bonchev–Trinajstić information content (AvgIpc) is 2.25. The quantitative estimate of drug-likeness (QED) is 0.724. The van der Waals surface area contributed by atoms with Gasteiger partial charge in [0.15, 0.2) is 5.82 Å². The molecule has 6 nitrogen and oxygen atoms in total. The van der Waals surface area contributed by atoms with Crippen molar-refractivity contribution in [1.82, 2.24) is 14.9 Å². The maximum atomic E-state index is 5.71. The minimum absolute atomic E-state index is 0.393. The first-order valence-corrected chi connectivity index (χ1v) is 5.71. The van der Waals surface area contributed by atoms with E-state index in [-0.39, 0.29) is 0 Å². The van der Waals surface area contributed by atoms with Crippen LogP contribution >= 0.6 is 0 Å². The van der Waals surface area contributed by atoms with Gasteiger partial charge >= 0.3 is 0 Å². The van der Waals surface area contributed by atoms with E-state index < -0.39 is 0 Å². The summed E-state index contributed by atoms with van der Waals surface area (Å²) in [4.78, 5) is 10.5. The van der Waals surface area contributed by atoms with Gasteiger partial charge in [0.25, 0.3) is 0 Å². The van der Waals surface area contributed by atoms with Gasteiger partial charge in [0.05, 0.1) is 0 Å². The largest absolute Gasteiger partial charge is 0.384 e. The molecule has 0 aliphatic rings. The van der Waals surface area contributed by atoms with E-state index in [4.69, 9.17) is 10.5 Å². The second-order valence-corrected chi connectivity index (χ2v) is 3.96. The zero-order valence-corrected chi connectivity index (χ0v) is 10.7. The van der Waals surface area contributed by atoms with Crippen LogP contribution in [0.3, 0.4) is 0 Å². The molecule has 1 aromatic heterocycles. The van der Waals surface area contributed by atoms with Crippen LogP contribution in [0.2, 0.25) is 0 Å². The standard InChI is InChI=1S/C11H21N5O/c1-4-17-8-11-14-9(12)7-10(15-11)13-5-6-16(2)3/h7H,4-6,8H2,1-3H3,(H3,12,13,14,15). The smallest absolute Gasteiger partial charge is 0.158 e. The molecule has 96 valence electrons. The normalized spacial score (nSPS) is 10.8. The molecule has 17 heavy (non-hydrogen) atoms. The monoisotopic (exact) mass is 239 g/mol. The van der Waals surface area contributed by atoms with Crippen LogP contribution in [-0.2, 0) is 11.3 Å². The molecule has 1 rings (SSSR count). The molecule has 0 bridgehead atoms. The summed E-state index contributed by atoms with van der Waals surface area (Å²) in [6, 6.07) is 1.73. The SMILES string of the molecule is CCOCc1nc(N)cc(NCCN(C)C)n1. The summed E-state index contributed by atoms with van der Waals surface area (Å²) >= 11 is 0. The number of nitrogens with two attached hydrogens (primary N) is 1. The van der Waals surface area contributed by atoms with Crippen molar-refractivity contribution < 1.29 is 4.74 Å². The third-order valence-corrected chi connectivity index (χ3v) is 2.09. The number of ether oxygens (including phenoxy) is 1. The Hall–Kier alpha value is -1.40. The van der Waals surface area contributed by atoms with Gasteiger partial charge in [-0.05, 0) is 21.0 Å². The van der Waals surface area contributed by atoms with Crippen LogP contribution in [0.25, 0.3) is 0 Å². The molecule has 0 amide bonds. The van der Waals surface area contributed by atoms with Crippen LogP contribution in [0.5, 0.6) is 0 Å². The Morgan fingerprint density at radius 1 is 1.41 bits per heavy atom. The third kappa shape index (κ3) is 5.46. The number of likely N-dealkylation sites (N-methyl/N-ethyl adjacent to an activating group) is 1. The molecular weight excluding hydrogens is 218 g/mol. The van der Waals surface area contributed by atoms with Crippen LogP contribution in [0.15, 0.2) is 6.07 Å². The Balaban J connectivity index is 2.55. The summed E-state index contributed by atoms with van der Waals surface area (Å²) in [7, 11) is 4.05. The lowest BCUT2D eigenvalue weighted by atomic mass is 10.4. The van der Waals surface area contributed by atoms with Gasteiger partial charge < -0.3 is 20.7 Å². The number of nitrogens with one attached hydrogen (secondary N) is 1. The van der Waals surface area contributed by atoms with Crippen molar-refractivity contribution in [2.45, 2.75) is 13.5 Å². The second kappa shape index (κ2) is 7.03. The number of hydrogen-bond acceptors (Lipinski definition) is 6. The van der Waals surface area contributed by atoms with E-state index >= 15 is 0 Å². The molecule has 3 N–H and O–H groups in total. The summed E-state index contributed by atoms with van der Waals surface area (Å²) in [6.07, 6.45) is 0. The molecule has 6 heteroatoms. The molecule has 0 fully saturated rings. The molecule has 0 saturated heterocycles. The van der Waals surface area contributed by atoms with Gasteiger partial charge in [0.2, 0.25) is 0 Å². The molecule has 0 saturated carbocycles. The Kier molecular flexibility index (Phi) is 5.65. The molecule has 0 aliphatic carbocycles. The number of hydrogen-bond donors (Lipinski definition) is 2. The Labute approximate surface area is 102 Å². The van der Waals surface area contributed by atoms with Gasteiger partial charge in [-0.25, -0.2) is 9.97 Å². The van der Waals surface area contributed by atoms with Crippen LogP contribution < -0.4 is 11.1 Å². The molecule has 0 spiro atoms. The van der Waals surface area contributed by atoms with Crippen LogP contribution in [0, 0.1) is 0 Å². The van der Waals surface area contributed by atoms with Crippen molar-refractivity contribution in [3.63, 3.8) is 0 Å². The van der Waals surface area contributed by atoms with Crippen LogP contribution in [0.4, 0.5) is 11.6 Å². The van der Waals surface area contributed by atoms with E-state index in [0.29, 0.717) is 24.9 Å². The van der Waals surface area contributed by atoms with Crippen LogP contribution in [-0.4, -0.2) is 48.7 Å². The summed E-state index contributed by atoms with van der Waals surface area (Å²) in [5.74, 6) is 1.82. The first kappa shape index (κ1) is 13.7. The minimum Gasteiger partial charge on any atom is -0.384 e. The fraction of sp³-hybridized carbons (Fsp3) is 0.636.